The summed E-state index contributed by atoms with van der Waals surface area (Å²) in [5, 5.41) is 9.57. The van der Waals surface area contributed by atoms with Gasteiger partial charge >= 0.3 is 0 Å². The summed E-state index contributed by atoms with van der Waals surface area (Å²) in [4.78, 5) is 24.5. The average molecular weight is 211 g/mol. The first-order valence-corrected chi connectivity index (χ1v) is 5.56. The number of hydrogen-bond acceptors (Lipinski definition) is 3. The van der Waals surface area contributed by atoms with Crippen molar-refractivity contribution in [2.75, 3.05) is 0 Å². The van der Waals surface area contributed by atoms with Crippen LogP contribution in [0.2, 0.25) is 0 Å². The Morgan fingerprint density at radius 1 is 1.27 bits per heavy atom. The summed E-state index contributed by atoms with van der Waals surface area (Å²) < 4.78 is 0. The maximum absolute atomic E-state index is 11.8. The monoisotopic (exact) mass is 211 g/mol. The topological polar surface area (TPSA) is 57.6 Å². The second-order valence-electron chi connectivity index (χ2n) is 4.69. The molecule has 4 nitrogen and oxygen atoms in total. The van der Waals surface area contributed by atoms with Crippen molar-refractivity contribution in [1.29, 1.82) is 0 Å². The van der Waals surface area contributed by atoms with E-state index in [-0.39, 0.29) is 36.3 Å². The molecule has 2 atom stereocenters. The number of aliphatic hydroxyl groups is 1. The van der Waals surface area contributed by atoms with Crippen LogP contribution in [0.4, 0.5) is 0 Å². The van der Waals surface area contributed by atoms with Gasteiger partial charge in [0, 0.05) is 12.1 Å². The minimum atomic E-state index is -0.260. The summed E-state index contributed by atoms with van der Waals surface area (Å²) in [5.74, 6) is -0.132. The number of carbonyl (C=O) groups is 2. The standard InChI is InChI=1S/C11H17NO3/c1-7(13)4-11(15)12-8-2-3-9(12)6-10(14)5-8/h8-10,14H,2-6H2,1H3. The van der Waals surface area contributed by atoms with Gasteiger partial charge in [-0.05, 0) is 32.6 Å². The number of fused-ring (bicyclic) bond motifs is 2. The highest BCUT2D eigenvalue weighted by molar-refractivity contribution is 5.97. The molecule has 2 aliphatic heterocycles. The maximum Gasteiger partial charge on any atom is 0.230 e. The Balaban J connectivity index is 2.04. The normalized spacial score (nSPS) is 34.3. The molecule has 2 bridgehead atoms. The molecule has 2 saturated heterocycles. The first-order chi connectivity index (χ1) is 7.08. The highest BCUT2D eigenvalue weighted by Crippen LogP contribution is 2.36. The Labute approximate surface area is 89.3 Å². The molecule has 2 fully saturated rings. The summed E-state index contributed by atoms with van der Waals surface area (Å²) in [5.41, 5.74) is 0. The van der Waals surface area contributed by atoms with Crippen LogP contribution in [0, 0.1) is 0 Å². The molecule has 0 saturated carbocycles. The van der Waals surface area contributed by atoms with Gasteiger partial charge in [-0.15, -0.1) is 0 Å². The first-order valence-electron chi connectivity index (χ1n) is 5.56. The summed E-state index contributed by atoms with van der Waals surface area (Å²) in [6.07, 6.45) is 3.07. The van der Waals surface area contributed by atoms with E-state index in [9.17, 15) is 14.7 Å². The van der Waals surface area contributed by atoms with Crippen LogP contribution in [-0.4, -0.2) is 39.9 Å². The summed E-state index contributed by atoms with van der Waals surface area (Å²) in [6, 6.07) is 0.344. The fraction of sp³-hybridized carbons (Fsp3) is 0.818. The van der Waals surface area contributed by atoms with E-state index in [1.165, 1.54) is 6.92 Å². The van der Waals surface area contributed by atoms with Crippen molar-refractivity contribution in [2.45, 2.75) is 57.2 Å². The molecule has 0 radical (unpaired) electrons. The van der Waals surface area contributed by atoms with E-state index in [2.05, 4.69) is 0 Å². The molecule has 1 N–H and O–H groups in total. The molecule has 2 aliphatic rings. The Morgan fingerprint density at radius 3 is 2.27 bits per heavy atom. The molecule has 2 heterocycles. The number of amides is 1. The maximum atomic E-state index is 11.8. The first kappa shape index (κ1) is 10.6. The van der Waals surface area contributed by atoms with Crippen molar-refractivity contribution in [3.63, 3.8) is 0 Å². The molecule has 2 unspecified atom stereocenters. The van der Waals surface area contributed by atoms with E-state index in [4.69, 9.17) is 0 Å². The number of carbonyl (C=O) groups excluding carboxylic acids is 2. The molecule has 84 valence electrons. The van der Waals surface area contributed by atoms with Crippen molar-refractivity contribution < 1.29 is 14.7 Å². The lowest BCUT2D eigenvalue weighted by Crippen LogP contribution is -2.48. The minimum Gasteiger partial charge on any atom is -0.393 e. The van der Waals surface area contributed by atoms with E-state index < -0.39 is 0 Å². The second kappa shape index (κ2) is 3.93. The highest BCUT2D eigenvalue weighted by Gasteiger charge is 2.42. The lowest BCUT2D eigenvalue weighted by Gasteiger charge is -2.37. The number of ketones is 1. The molecule has 0 spiro atoms. The lowest BCUT2D eigenvalue weighted by molar-refractivity contribution is -0.140. The molecular formula is C11H17NO3. The number of nitrogens with zero attached hydrogens (tertiary/aromatic N) is 1. The van der Waals surface area contributed by atoms with Gasteiger partial charge in [0.2, 0.25) is 5.91 Å². The van der Waals surface area contributed by atoms with E-state index in [0.717, 1.165) is 12.8 Å². The molecule has 1 amide bonds. The molecule has 0 aromatic rings. The van der Waals surface area contributed by atoms with E-state index in [0.29, 0.717) is 12.8 Å². The van der Waals surface area contributed by atoms with Gasteiger partial charge < -0.3 is 10.0 Å². The van der Waals surface area contributed by atoms with Crippen molar-refractivity contribution >= 4 is 11.7 Å². The number of aliphatic hydroxyl groups excluding tert-OH is 1. The van der Waals surface area contributed by atoms with Gasteiger partial charge in [0.05, 0.1) is 12.5 Å². The number of piperidine rings is 1. The molecule has 0 aromatic heterocycles. The van der Waals surface area contributed by atoms with Crippen LogP contribution in [0.1, 0.15) is 39.0 Å². The van der Waals surface area contributed by atoms with E-state index in [1.54, 1.807) is 0 Å². The van der Waals surface area contributed by atoms with Crippen molar-refractivity contribution in [3.8, 4) is 0 Å². The van der Waals surface area contributed by atoms with Gasteiger partial charge in [0.25, 0.3) is 0 Å². The zero-order valence-electron chi connectivity index (χ0n) is 8.98. The Morgan fingerprint density at radius 2 is 1.80 bits per heavy atom. The van der Waals surface area contributed by atoms with Crippen LogP contribution in [-0.2, 0) is 9.59 Å². The van der Waals surface area contributed by atoms with Crippen LogP contribution in [0.5, 0.6) is 0 Å². The van der Waals surface area contributed by atoms with Gasteiger partial charge in [-0.1, -0.05) is 0 Å². The largest absolute Gasteiger partial charge is 0.393 e. The smallest absolute Gasteiger partial charge is 0.230 e. The highest BCUT2D eigenvalue weighted by atomic mass is 16.3. The molecule has 0 aliphatic carbocycles. The quantitative estimate of drug-likeness (QED) is 0.676. The van der Waals surface area contributed by atoms with Gasteiger partial charge in [0.1, 0.15) is 5.78 Å². The van der Waals surface area contributed by atoms with Gasteiger partial charge in [-0.25, -0.2) is 0 Å². The average Bonchev–Trinajstić information content (AvgIpc) is 2.38. The zero-order chi connectivity index (χ0) is 11.0. The van der Waals surface area contributed by atoms with Crippen LogP contribution in [0.15, 0.2) is 0 Å². The molecule has 2 rings (SSSR count). The van der Waals surface area contributed by atoms with Gasteiger partial charge in [-0.2, -0.15) is 0 Å². The van der Waals surface area contributed by atoms with E-state index >= 15 is 0 Å². The second-order valence-corrected chi connectivity index (χ2v) is 4.69. The van der Waals surface area contributed by atoms with E-state index in [1.807, 2.05) is 4.90 Å². The lowest BCUT2D eigenvalue weighted by atomic mass is 9.99. The number of hydrogen-bond donors (Lipinski definition) is 1. The summed E-state index contributed by atoms with van der Waals surface area (Å²) >= 11 is 0. The predicted molar refractivity (Wildman–Crippen MR) is 54.2 cm³/mol. The Kier molecular flexibility index (Phi) is 2.78. The number of Topliss-reactive ketones (excluding diaryl/α,β-unsaturated/α-hetero) is 1. The van der Waals surface area contributed by atoms with Crippen LogP contribution >= 0.6 is 0 Å². The zero-order valence-corrected chi connectivity index (χ0v) is 8.98. The van der Waals surface area contributed by atoms with Crippen LogP contribution < -0.4 is 0 Å². The molecular weight excluding hydrogens is 194 g/mol. The molecule has 15 heavy (non-hydrogen) atoms. The fourth-order valence-electron chi connectivity index (χ4n) is 2.86. The van der Waals surface area contributed by atoms with Gasteiger partial charge in [0.15, 0.2) is 0 Å². The summed E-state index contributed by atoms with van der Waals surface area (Å²) in [6.45, 7) is 1.44. The molecule has 4 heteroatoms. The Hall–Kier alpha value is -0.900. The Bertz CT molecular complexity index is 276. The van der Waals surface area contributed by atoms with Crippen molar-refractivity contribution in [1.82, 2.24) is 4.90 Å². The van der Waals surface area contributed by atoms with Crippen molar-refractivity contribution in [2.24, 2.45) is 0 Å². The van der Waals surface area contributed by atoms with Crippen molar-refractivity contribution in [3.05, 3.63) is 0 Å². The number of rotatable bonds is 2. The third kappa shape index (κ3) is 2.04. The molecule has 0 aromatic carbocycles. The third-order valence-corrected chi connectivity index (χ3v) is 3.40. The van der Waals surface area contributed by atoms with Gasteiger partial charge in [-0.3, -0.25) is 9.59 Å². The van der Waals surface area contributed by atoms with Crippen LogP contribution in [0.3, 0.4) is 0 Å². The summed E-state index contributed by atoms with van der Waals surface area (Å²) in [7, 11) is 0. The predicted octanol–water partition coefficient (Wildman–Crippen LogP) is 0.480. The minimum absolute atomic E-state index is 0.0170. The van der Waals surface area contributed by atoms with Crippen LogP contribution in [0.25, 0.3) is 0 Å². The SMILES string of the molecule is CC(=O)CC(=O)N1C2CCC1CC(O)C2. The fourth-order valence-corrected chi connectivity index (χ4v) is 2.86. The third-order valence-electron chi connectivity index (χ3n) is 3.40.